The minimum absolute atomic E-state index is 0.111. The van der Waals surface area contributed by atoms with Crippen LogP contribution in [-0.4, -0.2) is 33.5 Å². The van der Waals surface area contributed by atoms with E-state index in [9.17, 15) is 17.6 Å². The topological polar surface area (TPSA) is 84.5 Å². The van der Waals surface area contributed by atoms with E-state index in [1.807, 2.05) is 24.3 Å². The predicted molar refractivity (Wildman–Crippen MR) is 116 cm³/mol. The first-order valence-electron chi connectivity index (χ1n) is 9.72. The van der Waals surface area contributed by atoms with Gasteiger partial charge in [0.2, 0.25) is 15.9 Å². The van der Waals surface area contributed by atoms with E-state index in [-0.39, 0.29) is 19.6 Å². The number of para-hydroxylation sites is 1. The van der Waals surface area contributed by atoms with E-state index in [4.69, 9.17) is 4.74 Å². The quantitative estimate of drug-likeness (QED) is 0.473. The molecule has 2 N–H and O–H groups in total. The van der Waals surface area contributed by atoms with Crippen molar-refractivity contribution in [3.63, 3.8) is 0 Å². The molecule has 3 rings (SSSR count). The van der Waals surface area contributed by atoms with Gasteiger partial charge >= 0.3 is 0 Å². The first-order valence-corrected chi connectivity index (χ1v) is 11.2. The number of hydrogen-bond donors (Lipinski definition) is 2. The summed E-state index contributed by atoms with van der Waals surface area (Å²) in [5.74, 6) is -0.747. The number of carbonyl (C=O) groups is 1. The smallest absolute Gasteiger partial charge is 0.244 e. The third-order valence-electron chi connectivity index (χ3n) is 4.44. The summed E-state index contributed by atoms with van der Waals surface area (Å²) in [6.07, 6.45) is 0.111. The Hall–Kier alpha value is -3.23. The number of halogens is 1. The largest absolute Gasteiger partial charge is 0.492 e. The van der Waals surface area contributed by atoms with Crippen molar-refractivity contribution in [2.45, 2.75) is 17.4 Å². The SMILES string of the molecule is O=C(NCCOc1ccccc1)C(Cc1ccccc1)NS(=O)(=O)c1ccccc1F. The number of rotatable bonds is 10. The molecule has 0 heterocycles. The summed E-state index contributed by atoms with van der Waals surface area (Å²) in [7, 11) is -4.25. The molecule has 0 aliphatic heterocycles. The molecule has 162 valence electrons. The molecule has 0 spiro atoms. The second-order valence-electron chi connectivity index (χ2n) is 6.75. The molecule has 0 saturated heterocycles. The highest BCUT2D eigenvalue weighted by atomic mass is 32.2. The monoisotopic (exact) mass is 442 g/mol. The minimum Gasteiger partial charge on any atom is -0.492 e. The molecule has 6 nitrogen and oxygen atoms in total. The fourth-order valence-electron chi connectivity index (χ4n) is 2.93. The maximum atomic E-state index is 14.0. The van der Waals surface area contributed by atoms with Crippen molar-refractivity contribution < 1.29 is 22.3 Å². The number of amides is 1. The molecule has 1 amide bonds. The van der Waals surface area contributed by atoms with Crippen LogP contribution in [0.2, 0.25) is 0 Å². The third kappa shape index (κ3) is 6.63. The summed E-state index contributed by atoms with van der Waals surface area (Å²) < 4.78 is 47.3. The summed E-state index contributed by atoms with van der Waals surface area (Å²) >= 11 is 0. The van der Waals surface area contributed by atoms with Crippen LogP contribution >= 0.6 is 0 Å². The Morgan fingerprint density at radius 2 is 1.52 bits per heavy atom. The van der Waals surface area contributed by atoms with Crippen molar-refractivity contribution >= 4 is 15.9 Å². The first kappa shape index (κ1) is 22.5. The van der Waals surface area contributed by atoms with Crippen molar-refractivity contribution in [3.8, 4) is 5.75 Å². The fraction of sp³-hybridized carbons (Fsp3) is 0.174. The number of nitrogens with one attached hydrogen (secondary N) is 2. The molecule has 31 heavy (non-hydrogen) atoms. The lowest BCUT2D eigenvalue weighted by Gasteiger charge is -2.19. The minimum atomic E-state index is -4.25. The van der Waals surface area contributed by atoms with Crippen LogP contribution in [0.25, 0.3) is 0 Å². The lowest BCUT2D eigenvalue weighted by molar-refractivity contribution is -0.122. The van der Waals surface area contributed by atoms with Crippen molar-refractivity contribution in [2.24, 2.45) is 0 Å². The van der Waals surface area contributed by atoms with Gasteiger partial charge in [0.1, 0.15) is 29.1 Å². The van der Waals surface area contributed by atoms with E-state index in [2.05, 4.69) is 10.0 Å². The van der Waals surface area contributed by atoms with Gasteiger partial charge < -0.3 is 10.1 Å². The molecule has 3 aromatic rings. The van der Waals surface area contributed by atoms with Crippen LogP contribution in [0.1, 0.15) is 5.56 Å². The average Bonchev–Trinajstić information content (AvgIpc) is 2.77. The van der Waals surface area contributed by atoms with E-state index in [1.54, 1.807) is 36.4 Å². The zero-order valence-electron chi connectivity index (χ0n) is 16.7. The van der Waals surface area contributed by atoms with E-state index < -0.39 is 32.7 Å². The van der Waals surface area contributed by atoms with Crippen LogP contribution in [0.4, 0.5) is 4.39 Å². The molecule has 8 heteroatoms. The van der Waals surface area contributed by atoms with E-state index >= 15 is 0 Å². The van der Waals surface area contributed by atoms with Gasteiger partial charge in [0.05, 0.1) is 6.54 Å². The van der Waals surface area contributed by atoms with Gasteiger partial charge in [-0.15, -0.1) is 0 Å². The Morgan fingerprint density at radius 3 is 2.19 bits per heavy atom. The van der Waals surface area contributed by atoms with Gasteiger partial charge in [-0.25, -0.2) is 12.8 Å². The number of carbonyl (C=O) groups excluding carboxylic acids is 1. The average molecular weight is 443 g/mol. The second-order valence-corrected chi connectivity index (χ2v) is 8.43. The van der Waals surface area contributed by atoms with E-state index in [1.165, 1.54) is 12.1 Å². The van der Waals surface area contributed by atoms with Gasteiger partial charge in [-0.05, 0) is 36.2 Å². The first-order chi connectivity index (χ1) is 15.0. The maximum Gasteiger partial charge on any atom is 0.244 e. The number of benzene rings is 3. The lowest BCUT2D eigenvalue weighted by atomic mass is 10.1. The number of sulfonamides is 1. The van der Waals surface area contributed by atoms with Crippen molar-refractivity contribution in [3.05, 3.63) is 96.3 Å². The Bertz CT molecular complexity index is 1090. The molecule has 0 bridgehead atoms. The van der Waals surface area contributed by atoms with Gasteiger partial charge in [0.25, 0.3) is 0 Å². The molecule has 1 atom stereocenters. The van der Waals surface area contributed by atoms with Crippen LogP contribution in [-0.2, 0) is 21.2 Å². The Morgan fingerprint density at radius 1 is 0.903 bits per heavy atom. The summed E-state index contributed by atoms with van der Waals surface area (Å²) in [4.78, 5) is 12.3. The van der Waals surface area contributed by atoms with E-state index in [0.29, 0.717) is 5.75 Å². The molecule has 0 aliphatic carbocycles. The van der Waals surface area contributed by atoms with Gasteiger partial charge in [0, 0.05) is 0 Å². The molecule has 0 radical (unpaired) electrons. The molecule has 1 unspecified atom stereocenters. The Kier molecular flexibility index (Phi) is 7.75. The van der Waals surface area contributed by atoms with Crippen molar-refractivity contribution in [2.75, 3.05) is 13.2 Å². The van der Waals surface area contributed by atoms with Crippen LogP contribution in [0.5, 0.6) is 5.75 Å². The summed E-state index contributed by atoms with van der Waals surface area (Å²) in [6.45, 7) is 0.397. The lowest BCUT2D eigenvalue weighted by Crippen LogP contribution is -2.48. The maximum absolute atomic E-state index is 14.0. The molecular weight excluding hydrogens is 419 g/mol. The van der Waals surface area contributed by atoms with Crippen molar-refractivity contribution in [1.82, 2.24) is 10.0 Å². The summed E-state index contributed by atoms with van der Waals surface area (Å²) in [6, 6.07) is 22.0. The van der Waals surface area contributed by atoms with Crippen LogP contribution < -0.4 is 14.8 Å². The molecule has 0 fully saturated rings. The number of hydrogen-bond acceptors (Lipinski definition) is 4. The van der Waals surface area contributed by atoms with Gasteiger partial charge in [-0.3, -0.25) is 4.79 Å². The zero-order chi connectivity index (χ0) is 22.1. The van der Waals surface area contributed by atoms with Crippen LogP contribution in [0, 0.1) is 5.82 Å². The normalized spacial score (nSPS) is 12.2. The predicted octanol–water partition coefficient (Wildman–Crippen LogP) is 2.91. The molecule has 3 aromatic carbocycles. The summed E-state index contributed by atoms with van der Waals surface area (Å²) in [5.41, 5.74) is 0.763. The van der Waals surface area contributed by atoms with Crippen molar-refractivity contribution in [1.29, 1.82) is 0 Å². The van der Waals surface area contributed by atoms with Gasteiger partial charge in [0.15, 0.2) is 0 Å². The number of ether oxygens (including phenoxy) is 1. The Balaban J connectivity index is 1.68. The van der Waals surface area contributed by atoms with Crippen LogP contribution in [0.15, 0.2) is 89.8 Å². The second kappa shape index (κ2) is 10.7. The Labute approximate surface area is 181 Å². The summed E-state index contributed by atoms with van der Waals surface area (Å²) in [5, 5.41) is 2.68. The third-order valence-corrected chi connectivity index (χ3v) is 5.94. The molecule has 0 aliphatic rings. The molecule has 0 aromatic heterocycles. The van der Waals surface area contributed by atoms with E-state index in [0.717, 1.165) is 17.7 Å². The fourth-order valence-corrected chi connectivity index (χ4v) is 4.21. The van der Waals surface area contributed by atoms with Gasteiger partial charge in [-0.2, -0.15) is 4.72 Å². The standard InChI is InChI=1S/C23H23FN2O4S/c24-20-13-7-8-14-22(20)31(28,29)26-21(17-18-9-3-1-4-10-18)23(27)25-15-16-30-19-11-5-2-6-12-19/h1-14,21,26H,15-17H2,(H,25,27). The highest BCUT2D eigenvalue weighted by Crippen LogP contribution is 2.15. The molecular formula is C23H23FN2O4S. The highest BCUT2D eigenvalue weighted by molar-refractivity contribution is 7.89. The molecule has 0 saturated carbocycles. The highest BCUT2D eigenvalue weighted by Gasteiger charge is 2.27. The van der Waals surface area contributed by atoms with Crippen LogP contribution in [0.3, 0.4) is 0 Å². The zero-order valence-corrected chi connectivity index (χ0v) is 17.5. The van der Waals surface area contributed by atoms with Gasteiger partial charge in [-0.1, -0.05) is 60.7 Å².